The standard InChI is InChI=1S/C11H17ClN2S/c1-14(8-11(7-13)4-5-11)6-9-2-3-10(12)15-9/h2-3H,4-8,13H2,1H3. The Hall–Kier alpha value is -0.0900. The average molecular weight is 245 g/mol. The zero-order chi connectivity index (χ0) is 10.9. The number of rotatable bonds is 5. The first-order valence-electron chi connectivity index (χ1n) is 5.26. The van der Waals surface area contributed by atoms with Crippen molar-refractivity contribution in [2.45, 2.75) is 19.4 Å². The van der Waals surface area contributed by atoms with Crippen LogP contribution in [0.15, 0.2) is 12.1 Å². The molecule has 0 atom stereocenters. The second-order valence-corrected chi connectivity index (χ2v) is 6.38. The molecule has 1 saturated carbocycles. The van der Waals surface area contributed by atoms with Crippen molar-refractivity contribution >= 4 is 22.9 Å². The minimum atomic E-state index is 0.426. The second-order valence-electron chi connectivity index (χ2n) is 4.58. The van der Waals surface area contributed by atoms with Gasteiger partial charge in [-0.15, -0.1) is 11.3 Å². The molecule has 15 heavy (non-hydrogen) atoms. The number of nitrogens with zero attached hydrogens (tertiary/aromatic N) is 1. The van der Waals surface area contributed by atoms with Gasteiger partial charge in [-0.25, -0.2) is 0 Å². The quantitative estimate of drug-likeness (QED) is 0.863. The number of nitrogens with two attached hydrogens (primary N) is 1. The van der Waals surface area contributed by atoms with Gasteiger partial charge in [-0.3, -0.25) is 0 Å². The van der Waals surface area contributed by atoms with Gasteiger partial charge >= 0.3 is 0 Å². The van der Waals surface area contributed by atoms with Gasteiger partial charge < -0.3 is 10.6 Å². The summed E-state index contributed by atoms with van der Waals surface area (Å²) < 4.78 is 0.873. The van der Waals surface area contributed by atoms with Crippen molar-refractivity contribution in [3.63, 3.8) is 0 Å². The van der Waals surface area contributed by atoms with E-state index in [1.54, 1.807) is 11.3 Å². The van der Waals surface area contributed by atoms with Crippen molar-refractivity contribution in [2.24, 2.45) is 11.1 Å². The summed E-state index contributed by atoms with van der Waals surface area (Å²) in [4.78, 5) is 3.68. The fraction of sp³-hybridized carbons (Fsp3) is 0.636. The van der Waals surface area contributed by atoms with E-state index < -0.39 is 0 Å². The van der Waals surface area contributed by atoms with Gasteiger partial charge in [0.25, 0.3) is 0 Å². The van der Waals surface area contributed by atoms with Crippen LogP contribution in [0.4, 0.5) is 0 Å². The summed E-state index contributed by atoms with van der Waals surface area (Å²) in [6.45, 7) is 2.92. The molecule has 1 aliphatic carbocycles. The lowest BCUT2D eigenvalue weighted by Gasteiger charge is -2.21. The summed E-state index contributed by atoms with van der Waals surface area (Å²) in [7, 11) is 2.16. The van der Waals surface area contributed by atoms with E-state index in [0.717, 1.165) is 24.0 Å². The fourth-order valence-electron chi connectivity index (χ4n) is 1.93. The predicted molar refractivity (Wildman–Crippen MR) is 66.4 cm³/mol. The third-order valence-electron chi connectivity index (χ3n) is 3.05. The van der Waals surface area contributed by atoms with E-state index >= 15 is 0 Å². The molecule has 1 heterocycles. The zero-order valence-corrected chi connectivity index (χ0v) is 10.6. The number of thiophene rings is 1. The van der Waals surface area contributed by atoms with Crippen LogP contribution in [0.2, 0.25) is 4.34 Å². The van der Waals surface area contributed by atoms with Gasteiger partial charge in [0.15, 0.2) is 0 Å². The summed E-state index contributed by atoms with van der Waals surface area (Å²) in [5, 5.41) is 0. The number of hydrogen-bond acceptors (Lipinski definition) is 3. The summed E-state index contributed by atoms with van der Waals surface area (Å²) >= 11 is 7.56. The molecule has 0 spiro atoms. The predicted octanol–water partition coefficient (Wildman–Crippen LogP) is 2.57. The van der Waals surface area contributed by atoms with Crippen LogP contribution in [0.25, 0.3) is 0 Å². The zero-order valence-electron chi connectivity index (χ0n) is 9.00. The highest BCUT2D eigenvalue weighted by Gasteiger charge is 2.41. The first-order valence-corrected chi connectivity index (χ1v) is 6.46. The van der Waals surface area contributed by atoms with Crippen LogP contribution in [0.3, 0.4) is 0 Å². The molecular formula is C11H17ClN2S. The molecule has 0 aliphatic heterocycles. The Morgan fingerprint density at radius 3 is 2.73 bits per heavy atom. The molecule has 2 N–H and O–H groups in total. The van der Waals surface area contributed by atoms with Crippen LogP contribution in [0, 0.1) is 5.41 Å². The van der Waals surface area contributed by atoms with Gasteiger partial charge in [0.1, 0.15) is 0 Å². The Kier molecular flexibility index (Phi) is 3.36. The SMILES string of the molecule is CN(Cc1ccc(Cl)s1)CC1(CN)CC1. The fourth-order valence-corrected chi connectivity index (χ4v) is 3.10. The Bertz CT molecular complexity index is 333. The van der Waals surface area contributed by atoms with Gasteiger partial charge in [-0.2, -0.15) is 0 Å². The van der Waals surface area contributed by atoms with E-state index in [0.29, 0.717) is 5.41 Å². The average Bonchev–Trinajstić information content (AvgIpc) is 2.84. The highest BCUT2D eigenvalue weighted by Crippen LogP contribution is 2.45. The Balaban J connectivity index is 1.84. The van der Waals surface area contributed by atoms with Crippen molar-refractivity contribution in [2.75, 3.05) is 20.1 Å². The summed E-state index contributed by atoms with van der Waals surface area (Å²) in [6, 6.07) is 4.07. The van der Waals surface area contributed by atoms with Gasteiger partial charge in [0, 0.05) is 18.0 Å². The highest BCUT2D eigenvalue weighted by molar-refractivity contribution is 7.16. The van der Waals surface area contributed by atoms with E-state index in [-0.39, 0.29) is 0 Å². The maximum atomic E-state index is 5.90. The lowest BCUT2D eigenvalue weighted by atomic mass is 10.1. The lowest BCUT2D eigenvalue weighted by molar-refractivity contribution is 0.261. The number of hydrogen-bond donors (Lipinski definition) is 1. The molecule has 1 fully saturated rings. The maximum Gasteiger partial charge on any atom is 0.0931 e. The van der Waals surface area contributed by atoms with E-state index in [4.69, 9.17) is 17.3 Å². The van der Waals surface area contributed by atoms with E-state index in [1.165, 1.54) is 17.7 Å². The molecule has 1 aromatic rings. The Labute approximate surface area is 100 Å². The monoisotopic (exact) mass is 244 g/mol. The minimum absolute atomic E-state index is 0.426. The molecular weight excluding hydrogens is 228 g/mol. The molecule has 2 rings (SSSR count). The van der Waals surface area contributed by atoms with Crippen molar-refractivity contribution in [1.29, 1.82) is 0 Å². The van der Waals surface area contributed by atoms with Crippen LogP contribution >= 0.6 is 22.9 Å². The van der Waals surface area contributed by atoms with Crippen molar-refractivity contribution in [3.8, 4) is 0 Å². The van der Waals surface area contributed by atoms with Crippen LogP contribution in [-0.2, 0) is 6.54 Å². The maximum absolute atomic E-state index is 5.90. The topological polar surface area (TPSA) is 29.3 Å². The molecule has 0 aromatic carbocycles. The van der Waals surface area contributed by atoms with Crippen LogP contribution < -0.4 is 5.73 Å². The highest BCUT2D eigenvalue weighted by atomic mass is 35.5. The Morgan fingerprint density at radius 1 is 1.53 bits per heavy atom. The van der Waals surface area contributed by atoms with Crippen molar-refractivity contribution < 1.29 is 0 Å². The van der Waals surface area contributed by atoms with Crippen LogP contribution in [0.1, 0.15) is 17.7 Å². The normalized spacial score (nSPS) is 18.4. The molecule has 0 bridgehead atoms. The van der Waals surface area contributed by atoms with Crippen LogP contribution in [0.5, 0.6) is 0 Å². The summed E-state index contributed by atoms with van der Waals surface area (Å²) in [5.74, 6) is 0. The third kappa shape index (κ3) is 2.94. The first-order chi connectivity index (χ1) is 7.13. The molecule has 0 saturated heterocycles. The van der Waals surface area contributed by atoms with Crippen molar-refractivity contribution in [3.05, 3.63) is 21.3 Å². The van der Waals surface area contributed by atoms with E-state index in [2.05, 4.69) is 18.0 Å². The van der Waals surface area contributed by atoms with Crippen LogP contribution in [-0.4, -0.2) is 25.0 Å². The summed E-state index contributed by atoms with van der Waals surface area (Å²) in [6.07, 6.45) is 2.58. The van der Waals surface area contributed by atoms with E-state index in [1.807, 2.05) is 6.07 Å². The lowest BCUT2D eigenvalue weighted by Crippen LogP contribution is -2.30. The molecule has 2 nitrogen and oxygen atoms in total. The van der Waals surface area contributed by atoms with Gasteiger partial charge in [-0.1, -0.05) is 11.6 Å². The molecule has 1 aromatic heterocycles. The second kappa shape index (κ2) is 4.42. The molecule has 0 unspecified atom stereocenters. The smallest absolute Gasteiger partial charge is 0.0931 e. The molecule has 84 valence electrons. The van der Waals surface area contributed by atoms with Gasteiger partial charge in [0.2, 0.25) is 0 Å². The van der Waals surface area contributed by atoms with E-state index in [9.17, 15) is 0 Å². The Morgan fingerprint density at radius 2 is 2.27 bits per heavy atom. The number of halogens is 1. The van der Waals surface area contributed by atoms with Gasteiger partial charge in [0.05, 0.1) is 4.34 Å². The first kappa shape index (κ1) is 11.4. The van der Waals surface area contributed by atoms with Crippen molar-refractivity contribution in [1.82, 2.24) is 4.90 Å². The third-order valence-corrected chi connectivity index (χ3v) is 4.27. The largest absolute Gasteiger partial charge is 0.330 e. The molecule has 1 aliphatic rings. The molecule has 4 heteroatoms. The molecule has 0 amide bonds. The molecule has 0 radical (unpaired) electrons. The minimum Gasteiger partial charge on any atom is -0.330 e. The van der Waals surface area contributed by atoms with Gasteiger partial charge in [-0.05, 0) is 44.0 Å². The summed E-state index contributed by atoms with van der Waals surface area (Å²) in [5.41, 5.74) is 6.20.